The van der Waals surface area contributed by atoms with Gasteiger partial charge < -0.3 is 14.6 Å². The van der Waals surface area contributed by atoms with E-state index in [-0.39, 0.29) is 12.5 Å². The molecule has 0 saturated carbocycles. The lowest BCUT2D eigenvalue weighted by Crippen LogP contribution is -2.22. The first-order valence-corrected chi connectivity index (χ1v) is 9.17. The van der Waals surface area contributed by atoms with Gasteiger partial charge in [0.05, 0.1) is 12.1 Å². The Kier molecular flexibility index (Phi) is 5.33. The van der Waals surface area contributed by atoms with Crippen LogP contribution in [-0.2, 0) is 6.54 Å². The molecule has 0 aliphatic rings. The van der Waals surface area contributed by atoms with Gasteiger partial charge >= 0.3 is 0 Å². The number of amides is 1. The minimum Gasteiger partial charge on any atom is -0.439 e. The Morgan fingerprint density at radius 1 is 1.03 bits per heavy atom. The number of benzene rings is 2. The van der Waals surface area contributed by atoms with E-state index in [1.54, 1.807) is 12.1 Å². The van der Waals surface area contributed by atoms with E-state index >= 15 is 0 Å². The molecular formula is C23H19N3O3. The molecular weight excluding hydrogens is 366 g/mol. The van der Waals surface area contributed by atoms with Crippen molar-refractivity contribution in [3.05, 3.63) is 95.9 Å². The number of nitrogens with zero attached hydrogens (tertiary/aromatic N) is 2. The molecule has 29 heavy (non-hydrogen) atoms. The minimum atomic E-state index is -0.253. The predicted octanol–water partition coefficient (Wildman–Crippen LogP) is 4.77. The van der Waals surface area contributed by atoms with E-state index in [2.05, 4.69) is 15.5 Å². The van der Waals surface area contributed by atoms with Gasteiger partial charge in [-0.1, -0.05) is 53.2 Å². The molecule has 2 heterocycles. The van der Waals surface area contributed by atoms with Crippen LogP contribution in [0.1, 0.15) is 21.7 Å². The molecule has 4 aromatic rings. The molecule has 0 spiro atoms. The van der Waals surface area contributed by atoms with E-state index in [1.807, 2.05) is 67.6 Å². The number of ether oxygens (including phenoxy) is 1. The van der Waals surface area contributed by atoms with Crippen molar-refractivity contribution in [2.75, 3.05) is 0 Å². The van der Waals surface area contributed by atoms with Crippen molar-refractivity contribution in [2.24, 2.45) is 0 Å². The van der Waals surface area contributed by atoms with Crippen LogP contribution in [0.15, 0.2) is 83.5 Å². The van der Waals surface area contributed by atoms with E-state index in [1.165, 1.54) is 11.8 Å². The van der Waals surface area contributed by atoms with Crippen LogP contribution >= 0.6 is 0 Å². The van der Waals surface area contributed by atoms with Gasteiger partial charge in [-0.05, 0) is 25.1 Å². The van der Waals surface area contributed by atoms with Crippen LogP contribution in [0, 0.1) is 6.92 Å². The lowest BCUT2D eigenvalue weighted by molar-refractivity contribution is 0.0946. The molecule has 6 nitrogen and oxygen atoms in total. The Morgan fingerprint density at radius 3 is 2.55 bits per heavy atom. The van der Waals surface area contributed by atoms with Crippen LogP contribution in [0.3, 0.4) is 0 Å². The molecule has 2 aromatic carbocycles. The number of rotatable bonds is 6. The highest BCUT2D eigenvalue weighted by Crippen LogP contribution is 2.20. The average molecular weight is 385 g/mol. The Morgan fingerprint density at radius 2 is 1.83 bits per heavy atom. The number of carbonyl (C=O) groups excluding carboxylic acids is 1. The topological polar surface area (TPSA) is 77.2 Å². The first-order valence-electron chi connectivity index (χ1n) is 9.17. The van der Waals surface area contributed by atoms with Gasteiger partial charge in [-0.15, -0.1) is 0 Å². The maximum atomic E-state index is 12.3. The summed E-state index contributed by atoms with van der Waals surface area (Å²) < 4.78 is 10.9. The third-order valence-corrected chi connectivity index (χ3v) is 4.29. The second-order valence-corrected chi connectivity index (χ2v) is 6.53. The molecule has 0 bridgehead atoms. The average Bonchev–Trinajstić information content (AvgIpc) is 3.23. The fourth-order valence-corrected chi connectivity index (χ4v) is 2.71. The Balaban J connectivity index is 1.34. The normalized spacial score (nSPS) is 10.5. The van der Waals surface area contributed by atoms with Crippen LogP contribution in [-0.4, -0.2) is 16.0 Å². The zero-order valence-corrected chi connectivity index (χ0v) is 15.8. The van der Waals surface area contributed by atoms with Crippen molar-refractivity contribution in [2.45, 2.75) is 13.5 Å². The molecule has 1 amide bonds. The summed E-state index contributed by atoms with van der Waals surface area (Å²) in [5.74, 6) is 1.43. The van der Waals surface area contributed by atoms with Crippen molar-refractivity contribution in [1.82, 2.24) is 15.5 Å². The number of hydrogen-bond acceptors (Lipinski definition) is 5. The first-order chi connectivity index (χ1) is 14.2. The quantitative estimate of drug-likeness (QED) is 0.517. The number of pyridine rings is 1. The molecule has 0 unspecified atom stereocenters. The summed E-state index contributed by atoms with van der Waals surface area (Å²) in [6.07, 6.45) is 1.48. The third kappa shape index (κ3) is 4.68. The molecule has 0 aliphatic carbocycles. The van der Waals surface area contributed by atoms with Crippen molar-refractivity contribution in [1.29, 1.82) is 0 Å². The van der Waals surface area contributed by atoms with Gasteiger partial charge in [0.1, 0.15) is 11.4 Å². The van der Waals surface area contributed by atoms with E-state index in [9.17, 15) is 4.79 Å². The summed E-state index contributed by atoms with van der Waals surface area (Å²) in [6.45, 7) is 2.27. The predicted molar refractivity (Wildman–Crippen MR) is 109 cm³/mol. The Labute approximate surface area is 168 Å². The summed E-state index contributed by atoms with van der Waals surface area (Å²) in [5, 5.41) is 6.87. The summed E-state index contributed by atoms with van der Waals surface area (Å²) in [7, 11) is 0. The molecule has 0 saturated heterocycles. The lowest BCUT2D eigenvalue weighted by atomic mass is 10.1. The SMILES string of the molecule is Cc1ccc(-c2cc(CNC(=O)c3ccc(Oc4ccccc4)nc3)on2)cc1. The first kappa shape index (κ1) is 18.4. The van der Waals surface area contributed by atoms with E-state index in [0.717, 1.165) is 11.3 Å². The highest BCUT2D eigenvalue weighted by Gasteiger charge is 2.10. The van der Waals surface area contributed by atoms with Crippen LogP contribution < -0.4 is 10.1 Å². The zero-order valence-electron chi connectivity index (χ0n) is 15.8. The molecule has 1 N–H and O–H groups in total. The molecule has 2 aromatic heterocycles. The molecule has 0 aliphatic heterocycles. The van der Waals surface area contributed by atoms with Gasteiger partial charge in [0.15, 0.2) is 5.76 Å². The van der Waals surface area contributed by atoms with Gasteiger partial charge in [0.2, 0.25) is 5.88 Å². The van der Waals surface area contributed by atoms with Gasteiger partial charge in [-0.3, -0.25) is 4.79 Å². The summed E-state index contributed by atoms with van der Waals surface area (Å²) in [5.41, 5.74) is 3.32. The Bertz CT molecular complexity index is 1090. The molecule has 0 fully saturated rings. The van der Waals surface area contributed by atoms with E-state index in [4.69, 9.17) is 9.26 Å². The standard InChI is InChI=1S/C23H19N3O3/c1-16-7-9-17(10-8-16)21-13-20(29-26-21)15-25-23(27)18-11-12-22(24-14-18)28-19-5-3-2-4-6-19/h2-14H,15H2,1H3,(H,25,27). The second-order valence-electron chi connectivity index (χ2n) is 6.53. The van der Waals surface area contributed by atoms with Gasteiger partial charge in [0.25, 0.3) is 5.91 Å². The molecule has 6 heteroatoms. The van der Waals surface area contributed by atoms with Crippen LogP contribution in [0.5, 0.6) is 11.6 Å². The number of para-hydroxylation sites is 1. The Hall–Kier alpha value is -3.93. The summed E-state index contributed by atoms with van der Waals surface area (Å²) >= 11 is 0. The number of aromatic nitrogens is 2. The fourth-order valence-electron chi connectivity index (χ4n) is 2.71. The van der Waals surface area contributed by atoms with Gasteiger partial charge in [-0.2, -0.15) is 0 Å². The second kappa shape index (κ2) is 8.39. The van der Waals surface area contributed by atoms with Crippen molar-refractivity contribution in [3.8, 4) is 22.9 Å². The maximum Gasteiger partial charge on any atom is 0.253 e. The van der Waals surface area contributed by atoms with Crippen LogP contribution in [0.25, 0.3) is 11.3 Å². The van der Waals surface area contributed by atoms with Crippen molar-refractivity contribution >= 4 is 5.91 Å². The van der Waals surface area contributed by atoms with E-state index < -0.39 is 0 Å². The summed E-state index contributed by atoms with van der Waals surface area (Å²) in [6, 6.07) is 22.5. The molecule has 144 valence electrons. The zero-order chi connectivity index (χ0) is 20.1. The van der Waals surface area contributed by atoms with Crippen LogP contribution in [0.4, 0.5) is 0 Å². The monoisotopic (exact) mass is 385 g/mol. The maximum absolute atomic E-state index is 12.3. The number of aryl methyl sites for hydroxylation is 1. The molecule has 4 rings (SSSR count). The van der Waals surface area contributed by atoms with Gasteiger partial charge in [-0.25, -0.2) is 4.98 Å². The van der Waals surface area contributed by atoms with Crippen molar-refractivity contribution in [3.63, 3.8) is 0 Å². The van der Waals surface area contributed by atoms with Crippen LogP contribution in [0.2, 0.25) is 0 Å². The highest BCUT2D eigenvalue weighted by atomic mass is 16.5. The molecule has 0 radical (unpaired) electrons. The number of hydrogen-bond donors (Lipinski definition) is 1. The lowest BCUT2D eigenvalue weighted by Gasteiger charge is -2.06. The largest absolute Gasteiger partial charge is 0.439 e. The van der Waals surface area contributed by atoms with Gasteiger partial charge in [0, 0.05) is 23.9 Å². The number of nitrogens with one attached hydrogen (secondary N) is 1. The minimum absolute atomic E-state index is 0.236. The third-order valence-electron chi connectivity index (χ3n) is 4.29. The van der Waals surface area contributed by atoms with E-state index in [0.29, 0.717) is 23.0 Å². The number of carbonyl (C=O) groups is 1. The fraction of sp³-hybridized carbons (Fsp3) is 0.0870. The smallest absolute Gasteiger partial charge is 0.253 e. The highest BCUT2D eigenvalue weighted by molar-refractivity contribution is 5.93. The molecule has 0 atom stereocenters. The van der Waals surface area contributed by atoms with Crippen molar-refractivity contribution < 1.29 is 14.1 Å². The summed E-state index contributed by atoms with van der Waals surface area (Å²) in [4.78, 5) is 16.5.